The van der Waals surface area contributed by atoms with Gasteiger partial charge in [-0.05, 0) is 19.1 Å². The van der Waals surface area contributed by atoms with E-state index in [4.69, 9.17) is 10.5 Å². The van der Waals surface area contributed by atoms with E-state index in [1.54, 1.807) is 14.0 Å². The first-order valence-electron chi connectivity index (χ1n) is 7.83. The van der Waals surface area contributed by atoms with Gasteiger partial charge in [0.2, 0.25) is 5.91 Å². The van der Waals surface area contributed by atoms with Gasteiger partial charge in [0.1, 0.15) is 5.75 Å². The van der Waals surface area contributed by atoms with E-state index in [0.29, 0.717) is 5.16 Å². The van der Waals surface area contributed by atoms with Gasteiger partial charge in [-0.15, -0.1) is 0 Å². The van der Waals surface area contributed by atoms with Crippen LogP contribution in [0.3, 0.4) is 0 Å². The van der Waals surface area contributed by atoms with Crippen molar-refractivity contribution in [1.29, 1.82) is 0 Å². The summed E-state index contributed by atoms with van der Waals surface area (Å²) < 4.78 is 7.36. The number of aromatic nitrogens is 2. The summed E-state index contributed by atoms with van der Waals surface area (Å²) in [6, 6.07) is 17.7. The number of ether oxygens (including phenoxy) is 1. The Bertz CT molecular complexity index is 877. The van der Waals surface area contributed by atoms with Crippen molar-refractivity contribution in [3.8, 4) is 22.7 Å². The van der Waals surface area contributed by atoms with Crippen LogP contribution >= 0.6 is 11.8 Å². The average Bonchev–Trinajstić information content (AvgIpc) is 3.06. The third kappa shape index (κ3) is 3.69. The van der Waals surface area contributed by atoms with Crippen molar-refractivity contribution >= 4 is 17.7 Å². The highest BCUT2D eigenvalue weighted by Gasteiger charge is 2.19. The smallest absolute Gasteiger partial charge is 0.230 e. The molecule has 0 aliphatic heterocycles. The van der Waals surface area contributed by atoms with E-state index in [9.17, 15) is 4.79 Å². The third-order valence-corrected chi connectivity index (χ3v) is 4.88. The maximum Gasteiger partial charge on any atom is 0.230 e. The summed E-state index contributed by atoms with van der Waals surface area (Å²) in [7, 11) is 1.63. The topological polar surface area (TPSA) is 70.1 Å². The van der Waals surface area contributed by atoms with E-state index in [2.05, 4.69) is 4.98 Å². The van der Waals surface area contributed by atoms with Crippen molar-refractivity contribution in [3.05, 3.63) is 60.8 Å². The van der Waals surface area contributed by atoms with Gasteiger partial charge in [-0.2, -0.15) is 0 Å². The summed E-state index contributed by atoms with van der Waals surface area (Å²) >= 11 is 1.34. The number of hydrogen-bond donors (Lipinski definition) is 1. The lowest BCUT2D eigenvalue weighted by Gasteiger charge is -2.14. The van der Waals surface area contributed by atoms with Crippen LogP contribution in [0, 0.1) is 0 Å². The molecule has 0 unspecified atom stereocenters. The summed E-state index contributed by atoms with van der Waals surface area (Å²) in [5.74, 6) is 0.385. The number of imidazole rings is 1. The molecule has 2 N–H and O–H groups in total. The lowest BCUT2D eigenvalue weighted by Crippen LogP contribution is -2.23. The number of rotatable bonds is 6. The number of nitrogens with zero attached hydrogens (tertiary/aromatic N) is 2. The zero-order valence-electron chi connectivity index (χ0n) is 14.0. The highest BCUT2D eigenvalue weighted by molar-refractivity contribution is 8.00. The third-order valence-electron chi connectivity index (χ3n) is 3.79. The maximum atomic E-state index is 11.5. The van der Waals surface area contributed by atoms with Gasteiger partial charge < -0.3 is 10.5 Å². The summed E-state index contributed by atoms with van der Waals surface area (Å²) in [4.78, 5) is 16.0. The van der Waals surface area contributed by atoms with E-state index in [1.807, 2.05) is 65.4 Å². The first kappa shape index (κ1) is 17.1. The number of benzene rings is 2. The normalized spacial score (nSPS) is 11.9. The van der Waals surface area contributed by atoms with Gasteiger partial charge in [-0.25, -0.2) is 4.98 Å². The highest BCUT2D eigenvalue weighted by atomic mass is 32.2. The fourth-order valence-corrected chi connectivity index (χ4v) is 3.30. The summed E-state index contributed by atoms with van der Waals surface area (Å²) in [5.41, 5.74) is 8.31. The summed E-state index contributed by atoms with van der Waals surface area (Å²) in [6.07, 6.45) is 1.81. The largest absolute Gasteiger partial charge is 0.497 e. The standard InChI is InChI=1S/C19H19N3O2S/c1-13(18(20)23)25-19-21-12-17(14-7-4-3-5-8-14)22(19)15-9-6-10-16(11-15)24-2/h3-13H,1-2H3,(H2,20,23)/t13-/m0/s1. The number of hydrogen-bond acceptors (Lipinski definition) is 4. The minimum atomic E-state index is -0.379. The Balaban J connectivity index is 2.14. The molecule has 1 aromatic heterocycles. The molecule has 3 rings (SSSR count). The number of carbonyl (C=O) groups excluding carboxylic acids is 1. The molecule has 25 heavy (non-hydrogen) atoms. The molecule has 0 aliphatic rings. The fourth-order valence-electron chi connectivity index (χ4n) is 2.45. The molecule has 0 bridgehead atoms. The molecule has 1 amide bonds. The quantitative estimate of drug-likeness (QED) is 0.689. The van der Waals surface area contributed by atoms with E-state index in [1.165, 1.54) is 11.8 Å². The van der Waals surface area contributed by atoms with Gasteiger partial charge in [0.05, 0.1) is 29.9 Å². The van der Waals surface area contributed by atoms with Crippen molar-refractivity contribution in [2.75, 3.05) is 7.11 Å². The van der Waals surface area contributed by atoms with Crippen LogP contribution in [0.5, 0.6) is 5.75 Å². The predicted molar refractivity (Wildman–Crippen MR) is 100 cm³/mol. The van der Waals surface area contributed by atoms with Gasteiger partial charge in [0, 0.05) is 11.6 Å². The molecular weight excluding hydrogens is 334 g/mol. The van der Waals surface area contributed by atoms with Gasteiger partial charge in [0.25, 0.3) is 0 Å². The van der Waals surface area contributed by atoms with Crippen LogP contribution in [-0.4, -0.2) is 27.8 Å². The number of thioether (sulfide) groups is 1. The van der Waals surface area contributed by atoms with Crippen molar-refractivity contribution in [3.63, 3.8) is 0 Å². The summed E-state index contributed by atoms with van der Waals surface area (Å²) in [6.45, 7) is 1.78. The van der Waals surface area contributed by atoms with E-state index in [-0.39, 0.29) is 11.2 Å². The van der Waals surface area contributed by atoms with Crippen LogP contribution in [0.25, 0.3) is 16.9 Å². The Morgan fingerprint density at radius 2 is 1.96 bits per heavy atom. The molecule has 1 atom stereocenters. The molecule has 3 aromatic rings. The van der Waals surface area contributed by atoms with Crippen molar-refractivity contribution < 1.29 is 9.53 Å². The van der Waals surface area contributed by atoms with Crippen LogP contribution in [0.15, 0.2) is 66.0 Å². The zero-order valence-corrected chi connectivity index (χ0v) is 14.9. The molecule has 0 radical (unpaired) electrons. The zero-order chi connectivity index (χ0) is 17.8. The molecular formula is C19H19N3O2S. The Morgan fingerprint density at radius 3 is 2.64 bits per heavy atom. The van der Waals surface area contributed by atoms with E-state index >= 15 is 0 Å². The Morgan fingerprint density at radius 1 is 1.20 bits per heavy atom. The van der Waals surface area contributed by atoms with Gasteiger partial charge >= 0.3 is 0 Å². The van der Waals surface area contributed by atoms with E-state index in [0.717, 1.165) is 22.7 Å². The Hall–Kier alpha value is -2.73. The molecule has 0 fully saturated rings. The molecule has 0 saturated heterocycles. The lowest BCUT2D eigenvalue weighted by atomic mass is 10.1. The molecule has 2 aromatic carbocycles. The Kier molecular flexibility index (Phi) is 5.09. The molecule has 0 saturated carbocycles. The second-order valence-electron chi connectivity index (χ2n) is 5.49. The minimum Gasteiger partial charge on any atom is -0.497 e. The van der Waals surface area contributed by atoms with Gasteiger partial charge in [0.15, 0.2) is 5.16 Å². The highest BCUT2D eigenvalue weighted by Crippen LogP contribution is 2.32. The van der Waals surface area contributed by atoms with Crippen LogP contribution in [0.4, 0.5) is 0 Å². The molecule has 5 nitrogen and oxygen atoms in total. The first-order chi connectivity index (χ1) is 12.1. The molecule has 128 valence electrons. The van der Waals surface area contributed by atoms with Crippen molar-refractivity contribution in [1.82, 2.24) is 9.55 Å². The molecule has 0 aliphatic carbocycles. The molecule has 1 heterocycles. The average molecular weight is 353 g/mol. The second-order valence-corrected chi connectivity index (χ2v) is 6.80. The van der Waals surface area contributed by atoms with E-state index < -0.39 is 0 Å². The summed E-state index contributed by atoms with van der Waals surface area (Å²) in [5, 5.41) is 0.328. The van der Waals surface area contributed by atoms with Crippen LogP contribution in [-0.2, 0) is 4.79 Å². The van der Waals surface area contributed by atoms with Gasteiger partial charge in [-0.3, -0.25) is 9.36 Å². The lowest BCUT2D eigenvalue weighted by molar-refractivity contribution is -0.117. The predicted octanol–water partition coefficient (Wildman–Crippen LogP) is 3.51. The fraction of sp³-hybridized carbons (Fsp3) is 0.158. The van der Waals surface area contributed by atoms with Crippen molar-refractivity contribution in [2.24, 2.45) is 5.73 Å². The molecule has 0 spiro atoms. The Labute approximate surface area is 150 Å². The van der Waals surface area contributed by atoms with Crippen LogP contribution in [0.2, 0.25) is 0 Å². The second kappa shape index (κ2) is 7.44. The SMILES string of the molecule is COc1cccc(-n2c(-c3ccccc3)cnc2S[C@@H](C)C(N)=O)c1. The minimum absolute atomic E-state index is 0.369. The first-order valence-corrected chi connectivity index (χ1v) is 8.71. The molecule has 6 heteroatoms. The van der Waals surface area contributed by atoms with Gasteiger partial charge in [-0.1, -0.05) is 48.2 Å². The van der Waals surface area contributed by atoms with Crippen molar-refractivity contribution in [2.45, 2.75) is 17.3 Å². The number of primary amides is 1. The van der Waals surface area contributed by atoms with Crippen LogP contribution in [0.1, 0.15) is 6.92 Å². The number of nitrogens with two attached hydrogens (primary N) is 1. The monoisotopic (exact) mass is 353 g/mol. The van der Waals surface area contributed by atoms with Crippen LogP contribution < -0.4 is 10.5 Å². The number of methoxy groups -OCH3 is 1. The number of amides is 1. The number of carbonyl (C=O) groups is 1. The maximum absolute atomic E-state index is 11.5.